The SMILES string of the molecule is CNCCOc1ccc(Nc2ncc3c(n2)N(C2CCCC2)C2(CCNC2=O)C3)cn1. The van der Waals surface area contributed by atoms with Crippen molar-refractivity contribution in [1.29, 1.82) is 0 Å². The number of carbonyl (C=O) groups is 1. The van der Waals surface area contributed by atoms with E-state index in [0.29, 0.717) is 30.9 Å². The quantitative estimate of drug-likeness (QED) is 0.579. The molecule has 1 amide bonds. The van der Waals surface area contributed by atoms with Crippen LogP contribution in [-0.4, -0.2) is 59.2 Å². The van der Waals surface area contributed by atoms with E-state index in [1.165, 1.54) is 12.8 Å². The molecule has 9 heteroatoms. The summed E-state index contributed by atoms with van der Waals surface area (Å²) in [6.07, 6.45) is 9.73. The molecule has 0 bridgehead atoms. The molecule has 5 rings (SSSR count). The van der Waals surface area contributed by atoms with Crippen molar-refractivity contribution in [2.24, 2.45) is 0 Å². The summed E-state index contributed by atoms with van der Waals surface area (Å²) < 4.78 is 5.57. The van der Waals surface area contributed by atoms with Gasteiger partial charge in [0.05, 0.1) is 11.9 Å². The van der Waals surface area contributed by atoms with Gasteiger partial charge in [-0.25, -0.2) is 9.97 Å². The van der Waals surface area contributed by atoms with Gasteiger partial charge in [-0.1, -0.05) is 12.8 Å². The van der Waals surface area contributed by atoms with Crippen LogP contribution in [-0.2, 0) is 11.2 Å². The highest BCUT2D eigenvalue weighted by Gasteiger charge is 2.55. The van der Waals surface area contributed by atoms with Crippen molar-refractivity contribution in [3.8, 4) is 5.88 Å². The molecule has 1 unspecified atom stereocenters. The van der Waals surface area contributed by atoms with Crippen molar-refractivity contribution in [1.82, 2.24) is 25.6 Å². The lowest BCUT2D eigenvalue weighted by Crippen LogP contribution is -2.56. The minimum atomic E-state index is -0.501. The van der Waals surface area contributed by atoms with Gasteiger partial charge in [-0.05, 0) is 32.4 Å². The van der Waals surface area contributed by atoms with E-state index >= 15 is 0 Å². The maximum atomic E-state index is 12.9. The zero-order valence-electron chi connectivity index (χ0n) is 17.9. The van der Waals surface area contributed by atoms with Gasteiger partial charge in [0.2, 0.25) is 17.7 Å². The molecule has 1 saturated carbocycles. The highest BCUT2D eigenvalue weighted by Crippen LogP contribution is 2.46. The normalized spacial score (nSPS) is 22.7. The number of pyridine rings is 1. The van der Waals surface area contributed by atoms with Gasteiger partial charge in [-0.2, -0.15) is 4.98 Å². The highest BCUT2D eigenvalue weighted by molar-refractivity contribution is 5.94. The summed E-state index contributed by atoms with van der Waals surface area (Å²) in [7, 11) is 1.88. The first kappa shape index (κ1) is 20.0. The second-order valence-electron chi connectivity index (χ2n) is 8.53. The molecule has 164 valence electrons. The van der Waals surface area contributed by atoms with Crippen LogP contribution in [0.4, 0.5) is 17.5 Å². The minimum absolute atomic E-state index is 0.130. The number of nitrogens with one attached hydrogen (secondary N) is 3. The fourth-order valence-electron chi connectivity index (χ4n) is 5.06. The molecule has 2 aromatic rings. The van der Waals surface area contributed by atoms with Gasteiger partial charge >= 0.3 is 0 Å². The molecule has 31 heavy (non-hydrogen) atoms. The van der Waals surface area contributed by atoms with Gasteiger partial charge in [-0.3, -0.25) is 4.79 Å². The summed E-state index contributed by atoms with van der Waals surface area (Å²) in [5.41, 5.74) is 1.35. The van der Waals surface area contributed by atoms with Gasteiger partial charge in [0.15, 0.2) is 0 Å². The molecule has 2 aliphatic heterocycles. The number of hydrogen-bond donors (Lipinski definition) is 3. The van der Waals surface area contributed by atoms with Crippen LogP contribution in [0.3, 0.4) is 0 Å². The lowest BCUT2D eigenvalue weighted by molar-refractivity contribution is -0.123. The van der Waals surface area contributed by atoms with Crippen LogP contribution in [0, 0.1) is 0 Å². The first-order valence-corrected chi connectivity index (χ1v) is 11.1. The fraction of sp³-hybridized carbons (Fsp3) is 0.545. The standard InChI is InChI=1S/C22H29N7O2/c1-23-10-11-31-18-7-6-16(14-25-18)27-21-26-13-15-12-22(8-9-24-20(22)30)29(19(15)28-21)17-4-2-3-5-17/h6-7,13-14,17,23H,2-5,8-12H2,1H3,(H,24,30)(H,26,27,28). The lowest BCUT2D eigenvalue weighted by atomic mass is 9.91. The predicted molar refractivity (Wildman–Crippen MR) is 118 cm³/mol. The molecule has 1 atom stereocenters. The number of amides is 1. The predicted octanol–water partition coefficient (Wildman–Crippen LogP) is 1.78. The molecule has 3 aliphatic rings. The zero-order chi connectivity index (χ0) is 21.3. The zero-order valence-corrected chi connectivity index (χ0v) is 17.9. The third-order valence-corrected chi connectivity index (χ3v) is 6.55. The van der Waals surface area contributed by atoms with Gasteiger partial charge in [0.1, 0.15) is 18.0 Å². The number of carbonyl (C=O) groups excluding carboxylic acids is 1. The van der Waals surface area contributed by atoms with Gasteiger partial charge in [0.25, 0.3) is 0 Å². The van der Waals surface area contributed by atoms with Crippen LogP contribution in [0.5, 0.6) is 5.88 Å². The van der Waals surface area contributed by atoms with Gasteiger partial charge in [-0.15, -0.1) is 0 Å². The minimum Gasteiger partial charge on any atom is -0.476 e. The van der Waals surface area contributed by atoms with Crippen molar-refractivity contribution < 1.29 is 9.53 Å². The van der Waals surface area contributed by atoms with E-state index in [-0.39, 0.29) is 5.91 Å². The second kappa shape index (κ2) is 8.30. The molecular weight excluding hydrogens is 394 g/mol. The number of likely N-dealkylation sites (N-methyl/N-ethyl adjacent to an activating group) is 1. The lowest BCUT2D eigenvalue weighted by Gasteiger charge is -2.38. The maximum absolute atomic E-state index is 12.9. The van der Waals surface area contributed by atoms with Crippen LogP contribution < -0.4 is 25.6 Å². The first-order valence-electron chi connectivity index (χ1n) is 11.1. The van der Waals surface area contributed by atoms with E-state index in [1.54, 1.807) is 6.20 Å². The van der Waals surface area contributed by atoms with Crippen molar-refractivity contribution in [2.45, 2.75) is 50.1 Å². The molecule has 0 radical (unpaired) electrons. The Morgan fingerprint density at radius 2 is 2.13 bits per heavy atom. The summed E-state index contributed by atoms with van der Waals surface area (Å²) in [5.74, 6) is 2.13. The topological polar surface area (TPSA) is 104 Å². The third kappa shape index (κ3) is 3.67. The molecule has 1 aliphatic carbocycles. The average molecular weight is 424 g/mol. The second-order valence-corrected chi connectivity index (χ2v) is 8.53. The van der Waals surface area contributed by atoms with Crippen LogP contribution in [0.1, 0.15) is 37.7 Å². The number of nitrogens with zero attached hydrogens (tertiary/aromatic N) is 4. The number of aromatic nitrogens is 3. The number of fused-ring (bicyclic) bond motifs is 1. The fourth-order valence-corrected chi connectivity index (χ4v) is 5.06. The summed E-state index contributed by atoms with van der Waals surface area (Å²) >= 11 is 0. The van der Waals surface area contributed by atoms with E-state index in [9.17, 15) is 4.79 Å². The molecule has 0 aromatic carbocycles. The first-order chi connectivity index (χ1) is 15.2. The average Bonchev–Trinajstić information content (AvgIpc) is 3.49. The van der Waals surface area contributed by atoms with E-state index in [0.717, 1.165) is 49.4 Å². The van der Waals surface area contributed by atoms with E-state index < -0.39 is 5.54 Å². The summed E-state index contributed by atoms with van der Waals surface area (Å²) in [4.78, 5) is 28.9. The number of ether oxygens (including phenoxy) is 1. The number of hydrogen-bond acceptors (Lipinski definition) is 8. The van der Waals surface area contributed by atoms with Crippen molar-refractivity contribution in [3.05, 3.63) is 30.1 Å². The Balaban J connectivity index is 1.37. The Kier molecular flexibility index (Phi) is 5.35. The number of rotatable bonds is 7. The molecule has 1 spiro atoms. The van der Waals surface area contributed by atoms with Crippen molar-refractivity contribution >= 4 is 23.4 Å². The van der Waals surface area contributed by atoms with E-state index in [4.69, 9.17) is 9.72 Å². The Morgan fingerprint density at radius 3 is 2.84 bits per heavy atom. The molecule has 4 heterocycles. The summed E-state index contributed by atoms with van der Waals surface area (Å²) in [6.45, 7) is 2.06. The van der Waals surface area contributed by atoms with Crippen molar-refractivity contribution in [2.75, 3.05) is 37.0 Å². The Bertz CT molecular complexity index is 945. The number of anilines is 3. The molecule has 9 nitrogen and oxygen atoms in total. The van der Waals surface area contributed by atoms with Crippen molar-refractivity contribution in [3.63, 3.8) is 0 Å². The smallest absolute Gasteiger partial charge is 0.246 e. The van der Waals surface area contributed by atoms with Gasteiger partial charge in [0, 0.05) is 43.4 Å². The Hall–Kier alpha value is -2.94. The molecule has 3 N–H and O–H groups in total. The third-order valence-electron chi connectivity index (χ3n) is 6.55. The molecular formula is C22H29N7O2. The van der Waals surface area contributed by atoms with E-state index in [2.05, 4.69) is 30.8 Å². The van der Waals surface area contributed by atoms with Crippen LogP contribution in [0.2, 0.25) is 0 Å². The Labute approximate surface area is 182 Å². The highest BCUT2D eigenvalue weighted by atomic mass is 16.5. The van der Waals surface area contributed by atoms with E-state index in [1.807, 2.05) is 25.4 Å². The monoisotopic (exact) mass is 423 g/mol. The van der Waals surface area contributed by atoms with Gasteiger partial charge < -0.3 is 25.6 Å². The van der Waals surface area contributed by atoms with Crippen LogP contribution in [0.25, 0.3) is 0 Å². The molecule has 2 aromatic heterocycles. The molecule has 1 saturated heterocycles. The molecule has 2 fully saturated rings. The Morgan fingerprint density at radius 1 is 1.26 bits per heavy atom. The largest absolute Gasteiger partial charge is 0.476 e. The van der Waals surface area contributed by atoms with Crippen LogP contribution in [0.15, 0.2) is 24.5 Å². The summed E-state index contributed by atoms with van der Waals surface area (Å²) in [5, 5.41) is 9.34. The maximum Gasteiger partial charge on any atom is 0.246 e. The summed E-state index contributed by atoms with van der Waals surface area (Å²) in [6, 6.07) is 4.09. The van der Waals surface area contributed by atoms with Crippen LogP contribution >= 0.6 is 0 Å².